The molecule has 8 aliphatic rings. The van der Waals surface area contributed by atoms with E-state index in [9.17, 15) is 0 Å². The maximum atomic E-state index is 2.91. The van der Waals surface area contributed by atoms with Gasteiger partial charge in [0.1, 0.15) is 0 Å². The van der Waals surface area contributed by atoms with Crippen LogP contribution in [0.15, 0.2) is 212 Å². The van der Waals surface area contributed by atoms with Crippen molar-refractivity contribution >= 4 is 204 Å². The Morgan fingerprint density at radius 1 is 0.253 bits per heavy atom. The van der Waals surface area contributed by atoms with E-state index in [1.165, 1.54) is 155 Å². The number of nitrogens with zero attached hydrogens (tertiary/aromatic N) is 2. The second-order valence-corrected chi connectivity index (χ2v) is 31.9. The zero-order chi connectivity index (χ0) is 51.8. The van der Waals surface area contributed by atoms with Gasteiger partial charge in [0.25, 0.3) is 0 Å². The summed E-state index contributed by atoms with van der Waals surface area (Å²) in [6.07, 6.45) is 0. The second-order valence-electron chi connectivity index (χ2n) is 23.8. The standard InChI is InChI=1S/C70H47B6N2.Bi/c1-43-21-19-22-44(2)65(43)73-49-29-11-13-31-51(49)75-59-41-60-64(42-63(59)77-61-35-17-15-33-53(61)71(47-25-7-5-8-26-47)57-39-37-55(73)67(75)69(57)77)78-62-36-18-16-34-54(62)72(48-27-9-6-10-28-48)58-40-38-56-68(70(58)78)76(60)52-32-14-12-30-50(52)74(56)66-45(3)23-20-24-46(66)4;/h5-34,37-41H,1-4H3;. The van der Waals surface area contributed by atoms with Crippen molar-refractivity contribution in [3.63, 3.8) is 0 Å². The minimum atomic E-state index is -3.35. The third-order valence-corrected chi connectivity index (χ3v) is 30.2. The fraction of sp³-hybridized carbons (Fsp3) is 0.0571. The molecule has 0 amide bonds. The topological polar surface area (TPSA) is 6.48 Å². The number of anilines is 6. The predicted molar refractivity (Wildman–Crippen MR) is 346 cm³/mol. The minimum absolute atomic E-state index is 0.0496. The number of rotatable bonds is 4. The van der Waals surface area contributed by atoms with Crippen molar-refractivity contribution in [2.45, 2.75) is 27.7 Å². The molecule has 0 spiro atoms. The number of aryl methyl sites for hydroxylation is 4. The van der Waals surface area contributed by atoms with Gasteiger partial charge in [0.15, 0.2) is 0 Å². The third-order valence-electron chi connectivity index (χ3n) is 20.2. The number of benzene rings is 11. The van der Waals surface area contributed by atoms with Crippen molar-refractivity contribution in [2.24, 2.45) is 0 Å². The normalized spacial score (nSPS) is 15.1. The number of para-hydroxylation sites is 2. The summed E-state index contributed by atoms with van der Waals surface area (Å²) in [7, 11) is 0. The van der Waals surface area contributed by atoms with E-state index in [0.29, 0.717) is 0 Å². The first kappa shape index (κ1) is 44.2. The first-order chi connectivity index (χ1) is 39.0. The zero-order valence-corrected chi connectivity index (χ0v) is 48.0. The molecular formula is C70H47B6BiN2. The summed E-state index contributed by atoms with van der Waals surface area (Å²) in [5, 5.41) is 0. The summed E-state index contributed by atoms with van der Waals surface area (Å²) < 4.78 is 4.93. The molecule has 0 bridgehead atoms. The molecule has 360 valence electrons. The molecule has 0 aromatic heterocycles. The molecule has 2 nitrogen and oxygen atoms in total. The Labute approximate surface area is 472 Å². The summed E-state index contributed by atoms with van der Waals surface area (Å²) in [5.74, 6) is 0. The van der Waals surface area contributed by atoms with E-state index in [4.69, 9.17) is 0 Å². The van der Waals surface area contributed by atoms with Gasteiger partial charge < -0.3 is 0 Å². The third kappa shape index (κ3) is 5.32. The number of hydrogen-bond donors (Lipinski definition) is 0. The van der Waals surface area contributed by atoms with Crippen molar-refractivity contribution < 1.29 is 0 Å². The predicted octanol–water partition coefficient (Wildman–Crippen LogP) is -0.0195. The molecule has 11 aromatic carbocycles. The van der Waals surface area contributed by atoms with Crippen LogP contribution in [0.2, 0.25) is 0 Å². The Kier molecular flexibility index (Phi) is 8.70. The quantitative estimate of drug-likeness (QED) is 0.229. The van der Waals surface area contributed by atoms with E-state index in [-0.39, 0.29) is 40.3 Å². The first-order valence-electron chi connectivity index (χ1n) is 28.6. The fourth-order valence-electron chi connectivity index (χ4n) is 17.5. The summed E-state index contributed by atoms with van der Waals surface area (Å²) >= 11 is -3.35. The van der Waals surface area contributed by atoms with Crippen LogP contribution in [0.3, 0.4) is 0 Å². The monoisotopic (exact) mass is 1190 g/mol. The van der Waals surface area contributed by atoms with Gasteiger partial charge in [-0.05, 0) is 0 Å². The summed E-state index contributed by atoms with van der Waals surface area (Å²) in [5.41, 5.74) is 40.5. The average molecular weight is 1190 g/mol. The molecule has 0 fully saturated rings. The molecule has 0 N–H and O–H groups in total. The van der Waals surface area contributed by atoms with E-state index in [2.05, 4.69) is 250 Å². The molecular weight excluding hydrogens is 1140 g/mol. The Balaban J connectivity index is 0.999. The second kappa shape index (κ2) is 15.6. The van der Waals surface area contributed by atoms with Gasteiger partial charge in [-0.15, -0.1) is 0 Å². The van der Waals surface area contributed by atoms with Crippen LogP contribution >= 0.6 is 0 Å². The molecule has 0 radical (unpaired) electrons. The van der Waals surface area contributed by atoms with Gasteiger partial charge in [0.05, 0.1) is 0 Å². The number of hydrogen-bond acceptors (Lipinski definition) is 2. The van der Waals surface area contributed by atoms with Crippen LogP contribution in [-0.4, -0.2) is 62.0 Å². The van der Waals surface area contributed by atoms with Gasteiger partial charge in [-0.2, -0.15) is 0 Å². The SMILES string of the molecule is Cc1cccc(C)c1B1c2ccccc2B2c3cc4c5[c]6c3N3c7c(ccc[c]7[Bi]6[c]6cccc7c6N5c5c(ccc6c5B4c4ccccc4B6c4c(C)cccc4C)B7c4ccccc4)B(c4ccccc4)c4ccc1c2c43. The maximum absolute atomic E-state index is 3.35. The Morgan fingerprint density at radius 3 is 0.987 bits per heavy atom. The number of fused-ring (bicyclic) bond motifs is 8. The molecule has 9 heteroatoms. The average Bonchev–Trinajstić information content (AvgIpc) is 1.23. The van der Waals surface area contributed by atoms with Crippen LogP contribution in [0.25, 0.3) is 0 Å². The summed E-state index contributed by atoms with van der Waals surface area (Å²) in [6.45, 7) is 9.87. The summed E-state index contributed by atoms with van der Waals surface area (Å²) in [4.78, 5) is 5.82. The van der Waals surface area contributed by atoms with Gasteiger partial charge in [-0.3, -0.25) is 0 Å². The van der Waals surface area contributed by atoms with Gasteiger partial charge in [0.2, 0.25) is 0 Å². The van der Waals surface area contributed by atoms with Crippen molar-refractivity contribution in [1.29, 1.82) is 0 Å². The molecule has 0 saturated heterocycles. The Hall–Kier alpha value is -7.71. The van der Waals surface area contributed by atoms with Crippen molar-refractivity contribution in [2.75, 3.05) is 9.80 Å². The molecule has 8 heterocycles. The molecule has 19 rings (SSSR count). The molecule has 0 atom stereocenters. The van der Waals surface area contributed by atoms with Gasteiger partial charge in [0, 0.05) is 0 Å². The van der Waals surface area contributed by atoms with Gasteiger partial charge >= 0.3 is 476 Å². The zero-order valence-electron chi connectivity index (χ0n) is 44.5. The molecule has 8 aliphatic heterocycles. The molecule has 11 aromatic rings. The van der Waals surface area contributed by atoms with E-state index >= 15 is 0 Å². The van der Waals surface area contributed by atoms with Crippen LogP contribution < -0.4 is 118 Å². The van der Waals surface area contributed by atoms with Crippen LogP contribution in [0, 0.1) is 27.7 Å². The van der Waals surface area contributed by atoms with Crippen LogP contribution in [-0.2, 0) is 0 Å². The molecule has 0 aliphatic carbocycles. The van der Waals surface area contributed by atoms with E-state index < -0.39 is 21.8 Å². The first-order valence-corrected chi connectivity index (χ1v) is 33.8. The molecule has 79 heavy (non-hydrogen) atoms. The Bertz CT molecular complexity index is 4310. The van der Waals surface area contributed by atoms with E-state index in [0.717, 1.165) is 0 Å². The van der Waals surface area contributed by atoms with E-state index in [1.54, 1.807) is 9.81 Å². The van der Waals surface area contributed by atoms with Gasteiger partial charge in [-0.1, -0.05) is 0 Å². The Morgan fingerprint density at radius 2 is 0.582 bits per heavy atom. The van der Waals surface area contributed by atoms with Crippen LogP contribution in [0.5, 0.6) is 0 Å². The van der Waals surface area contributed by atoms with Gasteiger partial charge in [-0.25, -0.2) is 0 Å². The molecule has 0 unspecified atom stereocenters. The fourth-order valence-corrected chi connectivity index (χ4v) is 29.1. The van der Waals surface area contributed by atoms with Crippen LogP contribution in [0.4, 0.5) is 34.1 Å². The van der Waals surface area contributed by atoms with Crippen molar-refractivity contribution in [1.82, 2.24) is 0 Å². The van der Waals surface area contributed by atoms with Crippen molar-refractivity contribution in [3.05, 3.63) is 235 Å². The summed E-state index contributed by atoms with van der Waals surface area (Å²) in [6, 6.07) is 84.5. The van der Waals surface area contributed by atoms with Crippen LogP contribution in [0.1, 0.15) is 22.3 Å². The van der Waals surface area contributed by atoms with E-state index in [1.807, 2.05) is 0 Å². The van der Waals surface area contributed by atoms with Crippen molar-refractivity contribution in [3.8, 4) is 0 Å². The molecule has 0 saturated carbocycles.